The van der Waals surface area contributed by atoms with E-state index in [2.05, 4.69) is 59.2 Å². The van der Waals surface area contributed by atoms with Crippen LogP contribution in [0.2, 0.25) is 0 Å². The van der Waals surface area contributed by atoms with Crippen molar-refractivity contribution in [1.82, 2.24) is 10.6 Å². The van der Waals surface area contributed by atoms with Crippen molar-refractivity contribution in [3.8, 4) is 0 Å². The van der Waals surface area contributed by atoms with Gasteiger partial charge in [-0.25, -0.2) is 0 Å². The molecule has 4 rings (SSSR count). The molecule has 2 aromatic carbocycles. The van der Waals surface area contributed by atoms with Crippen LogP contribution in [0.15, 0.2) is 48.5 Å². The van der Waals surface area contributed by atoms with E-state index in [1.165, 1.54) is 41.5 Å². The molecule has 0 saturated carbocycles. The summed E-state index contributed by atoms with van der Waals surface area (Å²) >= 11 is 0. The van der Waals surface area contributed by atoms with E-state index in [-0.39, 0.29) is 60.2 Å². The van der Waals surface area contributed by atoms with Crippen molar-refractivity contribution in [3.05, 3.63) is 70.8 Å². The van der Waals surface area contributed by atoms with Crippen LogP contribution in [0.4, 0.5) is 0 Å². The monoisotopic (exact) mass is 650 g/mol. The Kier molecular flexibility index (Phi) is 12.9. The van der Waals surface area contributed by atoms with Crippen molar-refractivity contribution in [2.24, 2.45) is 0 Å². The van der Waals surface area contributed by atoms with Crippen molar-refractivity contribution in [2.45, 2.75) is 44.3 Å². The van der Waals surface area contributed by atoms with Gasteiger partial charge < -0.3 is 20.1 Å². The van der Waals surface area contributed by atoms with Crippen molar-refractivity contribution >= 4 is 48.0 Å². The average molecular weight is 650 g/mol. The van der Waals surface area contributed by atoms with E-state index in [1.54, 1.807) is 0 Å². The van der Waals surface area contributed by atoms with E-state index < -0.39 is 0 Å². The quantitative estimate of drug-likeness (QED) is 0.274. The number of halogens is 2. The van der Waals surface area contributed by atoms with Crippen molar-refractivity contribution in [2.75, 3.05) is 39.4 Å². The summed E-state index contributed by atoms with van der Waals surface area (Å²) in [6.45, 7) is 5.61. The molecule has 2 heterocycles. The van der Waals surface area contributed by atoms with Crippen LogP contribution in [-0.2, 0) is 22.3 Å². The summed E-state index contributed by atoms with van der Waals surface area (Å²) < 4.78 is 11.9. The van der Waals surface area contributed by atoms with Crippen LogP contribution in [-0.4, -0.2) is 39.4 Å². The Morgan fingerprint density at radius 2 is 1.10 bits per heavy atom. The number of rotatable bonds is 10. The molecule has 0 radical (unpaired) electrons. The smallest absolute Gasteiger partial charge is 0.0952 e. The van der Waals surface area contributed by atoms with Crippen LogP contribution in [0.3, 0.4) is 0 Å². The minimum atomic E-state index is 0. The standard InChI is InChI=1S/C25H34N2O2.2HI/c1(6-14-26-18-24-22-10-4-2-8-20(22)12-16-28-24)7-15-27-19-25-23-11-5-3-9-21(23)13-17-29-25;;/h2-5,8-11,24-27H,1,6-7,12-19H2;2*1H. The summed E-state index contributed by atoms with van der Waals surface area (Å²) in [6.07, 6.45) is 6.15. The van der Waals surface area contributed by atoms with Gasteiger partial charge in [0.25, 0.3) is 0 Å². The number of nitrogens with one attached hydrogen (secondary N) is 2. The first-order chi connectivity index (χ1) is 14.4. The van der Waals surface area contributed by atoms with Crippen LogP contribution in [0.1, 0.15) is 53.7 Å². The molecule has 2 aliphatic rings. The largest absolute Gasteiger partial charge is 0.372 e. The number of benzene rings is 2. The molecule has 2 unspecified atom stereocenters. The van der Waals surface area contributed by atoms with Crippen molar-refractivity contribution in [1.29, 1.82) is 0 Å². The minimum absolute atomic E-state index is 0. The van der Waals surface area contributed by atoms with E-state index >= 15 is 0 Å². The first-order valence-electron chi connectivity index (χ1n) is 11.2. The highest BCUT2D eigenvalue weighted by Crippen LogP contribution is 2.27. The van der Waals surface area contributed by atoms with E-state index in [9.17, 15) is 0 Å². The van der Waals surface area contributed by atoms with Gasteiger partial charge in [0, 0.05) is 13.1 Å². The molecule has 2 aliphatic heterocycles. The van der Waals surface area contributed by atoms with Gasteiger partial charge in [-0.1, -0.05) is 55.0 Å². The molecule has 0 amide bonds. The summed E-state index contributed by atoms with van der Waals surface area (Å²) in [5.41, 5.74) is 5.62. The lowest BCUT2D eigenvalue weighted by Crippen LogP contribution is -2.29. The van der Waals surface area contributed by atoms with Crippen LogP contribution < -0.4 is 10.6 Å². The lowest BCUT2D eigenvalue weighted by Gasteiger charge is -2.26. The summed E-state index contributed by atoms with van der Waals surface area (Å²) in [5.74, 6) is 0. The Morgan fingerprint density at radius 3 is 1.58 bits per heavy atom. The number of hydrogen-bond acceptors (Lipinski definition) is 4. The molecule has 4 nitrogen and oxygen atoms in total. The minimum Gasteiger partial charge on any atom is -0.372 e. The van der Waals surface area contributed by atoms with Crippen LogP contribution in [0, 0.1) is 0 Å². The molecule has 0 aliphatic carbocycles. The number of fused-ring (bicyclic) bond motifs is 2. The molecule has 0 fully saturated rings. The Morgan fingerprint density at radius 1 is 0.645 bits per heavy atom. The third kappa shape index (κ3) is 7.92. The second-order valence-corrected chi connectivity index (χ2v) is 8.09. The maximum atomic E-state index is 5.96. The molecule has 0 saturated heterocycles. The number of hydrogen-bond donors (Lipinski definition) is 2. The third-order valence-electron chi connectivity index (χ3n) is 6.05. The highest BCUT2D eigenvalue weighted by Gasteiger charge is 2.20. The van der Waals surface area contributed by atoms with E-state index in [1.807, 2.05) is 0 Å². The van der Waals surface area contributed by atoms with E-state index in [4.69, 9.17) is 9.47 Å². The van der Waals surface area contributed by atoms with Gasteiger partial charge in [0.2, 0.25) is 0 Å². The number of ether oxygens (including phenoxy) is 2. The molecule has 31 heavy (non-hydrogen) atoms. The average Bonchev–Trinajstić information content (AvgIpc) is 2.78. The molecule has 0 spiro atoms. The summed E-state index contributed by atoms with van der Waals surface area (Å²) in [7, 11) is 0. The highest BCUT2D eigenvalue weighted by molar-refractivity contribution is 14.0. The fraction of sp³-hybridized carbons (Fsp3) is 0.520. The molecule has 2 N–H and O–H groups in total. The molecular formula is C25H36I2N2O2. The predicted octanol–water partition coefficient (Wildman–Crippen LogP) is 5.20. The lowest BCUT2D eigenvalue weighted by molar-refractivity contribution is 0.0424. The molecular weight excluding hydrogens is 614 g/mol. The van der Waals surface area contributed by atoms with Gasteiger partial charge in [-0.15, -0.1) is 48.0 Å². The first kappa shape index (κ1) is 27.0. The fourth-order valence-corrected chi connectivity index (χ4v) is 4.43. The zero-order valence-electron chi connectivity index (χ0n) is 18.2. The normalized spacial score (nSPS) is 19.5. The molecule has 172 valence electrons. The van der Waals surface area contributed by atoms with Crippen LogP contribution in [0.25, 0.3) is 0 Å². The van der Waals surface area contributed by atoms with Gasteiger partial charge in [0.15, 0.2) is 0 Å². The first-order valence-corrected chi connectivity index (χ1v) is 11.2. The topological polar surface area (TPSA) is 42.5 Å². The molecule has 0 bridgehead atoms. The summed E-state index contributed by atoms with van der Waals surface area (Å²) in [4.78, 5) is 0. The second-order valence-electron chi connectivity index (χ2n) is 8.09. The zero-order chi connectivity index (χ0) is 19.7. The maximum Gasteiger partial charge on any atom is 0.0952 e. The third-order valence-corrected chi connectivity index (χ3v) is 6.05. The summed E-state index contributed by atoms with van der Waals surface area (Å²) in [5, 5.41) is 7.17. The maximum absolute atomic E-state index is 5.96. The van der Waals surface area contributed by atoms with Gasteiger partial charge in [0.05, 0.1) is 25.4 Å². The second kappa shape index (κ2) is 14.8. The Labute approximate surface area is 221 Å². The van der Waals surface area contributed by atoms with Gasteiger partial charge >= 0.3 is 0 Å². The Balaban J connectivity index is 0.00000171. The van der Waals surface area contributed by atoms with Gasteiger partial charge in [-0.2, -0.15) is 0 Å². The van der Waals surface area contributed by atoms with Crippen LogP contribution >= 0.6 is 48.0 Å². The van der Waals surface area contributed by atoms with Crippen molar-refractivity contribution < 1.29 is 9.47 Å². The lowest BCUT2D eigenvalue weighted by atomic mass is 9.97. The van der Waals surface area contributed by atoms with Crippen LogP contribution in [0.5, 0.6) is 0 Å². The van der Waals surface area contributed by atoms with Gasteiger partial charge in [-0.05, 0) is 61.0 Å². The Bertz CT molecular complexity index is 711. The van der Waals surface area contributed by atoms with Crippen molar-refractivity contribution in [3.63, 3.8) is 0 Å². The summed E-state index contributed by atoms with van der Waals surface area (Å²) in [6, 6.07) is 17.4. The highest BCUT2D eigenvalue weighted by atomic mass is 127. The number of unbranched alkanes of at least 4 members (excludes halogenated alkanes) is 2. The molecule has 2 atom stereocenters. The zero-order valence-corrected chi connectivity index (χ0v) is 22.8. The predicted molar refractivity (Wildman–Crippen MR) is 148 cm³/mol. The molecule has 6 heteroatoms. The van der Waals surface area contributed by atoms with Gasteiger partial charge in [0.1, 0.15) is 0 Å². The molecule has 2 aromatic rings. The Hall–Kier alpha value is -0.260. The fourth-order valence-electron chi connectivity index (χ4n) is 4.43. The SMILES string of the molecule is I.I.c1ccc2c(c1)CCOC2CNCCCCCNCC1OCCc2ccccc21. The van der Waals surface area contributed by atoms with E-state index in [0.29, 0.717) is 0 Å². The van der Waals surface area contributed by atoms with Gasteiger partial charge in [-0.3, -0.25) is 0 Å². The molecule has 0 aromatic heterocycles. The van der Waals surface area contributed by atoms with E-state index in [0.717, 1.165) is 52.2 Å².